The molecule has 4 rings (SSSR count). The molecule has 1 aromatic heterocycles. The lowest BCUT2D eigenvalue weighted by atomic mass is 10.1. The summed E-state index contributed by atoms with van der Waals surface area (Å²) in [5.41, 5.74) is 1.90. The van der Waals surface area contributed by atoms with E-state index < -0.39 is 5.91 Å². The molecule has 0 spiro atoms. The quantitative estimate of drug-likeness (QED) is 0.476. The van der Waals surface area contributed by atoms with Gasteiger partial charge in [-0.1, -0.05) is 41.9 Å². The summed E-state index contributed by atoms with van der Waals surface area (Å²) in [4.78, 5) is 27.2. The van der Waals surface area contributed by atoms with E-state index in [1.165, 1.54) is 6.08 Å². The number of fused-ring (bicyclic) bond motifs is 1. The van der Waals surface area contributed by atoms with Crippen molar-refractivity contribution in [3.05, 3.63) is 70.9 Å². The fourth-order valence-electron chi connectivity index (χ4n) is 3.64. The first-order valence-corrected chi connectivity index (χ1v) is 10.6. The SMILES string of the molecule is N#C/C(=C/c1cn(CC(=O)N2CCOCC2)c2ccccc12)C(=O)Nc1ccccc1Cl. The van der Waals surface area contributed by atoms with Gasteiger partial charge in [-0.15, -0.1) is 0 Å². The molecule has 32 heavy (non-hydrogen) atoms. The minimum absolute atomic E-state index is 0.00144. The molecule has 1 fully saturated rings. The van der Waals surface area contributed by atoms with E-state index in [0.29, 0.717) is 42.6 Å². The number of hydrogen-bond acceptors (Lipinski definition) is 4. The number of benzene rings is 2. The highest BCUT2D eigenvalue weighted by Gasteiger charge is 2.19. The molecule has 162 valence electrons. The molecule has 3 aromatic rings. The number of carbonyl (C=O) groups is 2. The maximum absolute atomic E-state index is 12.7. The first-order chi connectivity index (χ1) is 15.6. The summed E-state index contributed by atoms with van der Waals surface area (Å²) >= 11 is 6.11. The number of nitrogens with one attached hydrogen (secondary N) is 1. The predicted octanol–water partition coefficient (Wildman–Crippen LogP) is 3.70. The average Bonchev–Trinajstić information content (AvgIpc) is 3.16. The lowest BCUT2D eigenvalue weighted by molar-refractivity contribution is -0.135. The molecule has 1 N–H and O–H groups in total. The summed E-state index contributed by atoms with van der Waals surface area (Å²) in [6, 6.07) is 16.4. The van der Waals surface area contributed by atoms with Crippen molar-refractivity contribution in [3.63, 3.8) is 0 Å². The number of nitrogens with zero attached hydrogens (tertiary/aromatic N) is 3. The number of amides is 2. The number of rotatable bonds is 5. The Kier molecular flexibility index (Phi) is 6.55. The first kappa shape index (κ1) is 21.6. The highest BCUT2D eigenvalue weighted by Crippen LogP contribution is 2.25. The molecule has 2 aromatic carbocycles. The van der Waals surface area contributed by atoms with Gasteiger partial charge >= 0.3 is 0 Å². The predicted molar refractivity (Wildman–Crippen MR) is 123 cm³/mol. The van der Waals surface area contributed by atoms with Gasteiger partial charge in [-0.25, -0.2) is 0 Å². The maximum atomic E-state index is 12.7. The Balaban J connectivity index is 1.62. The number of hydrogen-bond donors (Lipinski definition) is 1. The van der Waals surface area contributed by atoms with Crippen LogP contribution in [0.3, 0.4) is 0 Å². The van der Waals surface area contributed by atoms with Crippen molar-refractivity contribution in [2.75, 3.05) is 31.6 Å². The lowest BCUT2D eigenvalue weighted by Crippen LogP contribution is -2.42. The summed E-state index contributed by atoms with van der Waals surface area (Å²) in [6.07, 6.45) is 3.33. The van der Waals surface area contributed by atoms with Crippen molar-refractivity contribution in [3.8, 4) is 6.07 Å². The van der Waals surface area contributed by atoms with E-state index in [2.05, 4.69) is 5.32 Å². The third kappa shape index (κ3) is 4.67. The summed E-state index contributed by atoms with van der Waals surface area (Å²) in [7, 11) is 0. The van der Waals surface area contributed by atoms with Crippen LogP contribution < -0.4 is 5.32 Å². The Bertz CT molecular complexity index is 1240. The third-order valence-corrected chi connectivity index (χ3v) is 5.61. The second kappa shape index (κ2) is 9.69. The largest absolute Gasteiger partial charge is 0.378 e. The molecule has 1 aliphatic heterocycles. The molecule has 0 aliphatic carbocycles. The van der Waals surface area contributed by atoms with Gasteiger partial charge in [0, 0.05) is 35.8 Å². The van der Waals surface area contributed by atoms with Crippen LogP contribution >= 0.6 is 11.6 Å². The molecule has 8 heteroatoms. The van der Waals surface area contributed by atoms with Gasteiger partial charge in [-0.3, -0.25) is 9.59 Å². The number of aromatic nitrogens is 1. The second-order valence-corrected chi connectivity index (χ2v) is 7.73. The van der Waals surface area contributed by atoms with Crippen LogP contribution in [0.1, 0.15) is 5.56 Å². The summed E-state index contributed by atoms with van der Waals surface area (Å²) in [5, 5.41) is 13.5. The molecule has 2 amide bonds. The highest BCUT2D eigenvalue weighted by atomic mass is 35.5. The van der Waals surface area contributed by atoms with E-state index in [9.17, 15) is 14.9 Å². The molecule has 7 nitrogen and oxygen atoms in total. The molecule has 0 saturated carbocycles. The summed E-state index contributed by atoms with van der Waals surface area (Å²) in [5.74, 6) is -0.552. The van der Waals surface area contributed by atoms with Crippen molar-refractivity contribution in [1.29, 1.82) is 5.26 Å². The van der Waals surface area contributed by atoms with E-state index in [-0.39, 0.29) is 18.0 Å². The van der Waals surface area contributed by atoms with Crippen LogP contribution in [-0.2, 0) is 20.9 Å². The first-order valence-electron chi connectivity index (χ1n) is 10.2. The van der Waals surface area contributed by atoms with E-state index in [1.807, 2.05) is 34.9 Å². The van der Waals surface area contributed by atoms with Crippen LogP contribution in [0, 0.1) is 11.3 Å². The van der Waals surface area contributed by atoms with Crippen molar-refractivity contribution in [2.45, 2.75) is 6.54 Å². The van der Waals surface area contributed by atoms with Crippen molar-refractivity contribution >= 4 is 46.1 Å². The number of halogens is 1. The normalized spacial score (nSPS) is 14.2. The van der Waals surface area contributed by atoms with E-state index in [1.54, 1.807) is 35.4 Å². The zero-order valence-corrected chi connectivity index (χ0v) is 18.0. The van der Waals surface area contributed by atoms with E-state index >= 15 is 0 Å². The average molecular weight is 449 g/mol. The molecule has 0 radical (unpaired) electrons. The maximum Gasteiger partial charge on any atom is 0.266 e. The molecule has 0 atom stereocenters. The third-order valence-electron chi connectivity index (χ3n) is 5.28. The summed E-state index contributed by atoms with van der Waals surface area (Å²) in [6.45, 7) is 2.40. The lowest BCUT2D eigenvalue weighted by Gasteiger charge is -2.27. The Labute approximate surface area is 190 Å². The van der Waals surface area contributed by atoms with Crippen LogP contribution in [0.4, 0.5) is 5.69 Å². The zero-order chi connectivity index (χ0) is 22.5. The van der Waals surface area contributed by atoms with Crippen LogP contribution in [0.5, 0.6) is 0 Å². The topological polar surface area (TPSA) is 87.4 Å². The van der Waals surface area contributed by atoms with Gasteiger partial charge < -0.3 is 19.5 Å². The second-order valence-electron chi connectivity index (χ2n) is 7.33. The van der Waals surface area contributed by atoms with Crippen molar-refractivity contribution in [2.24, 2.45) is 0 Å². The molecule has 0 bridgehead atoms. The molecular weight excluding hydrogens is 428 g/mol. The van der Waals surface area contributed by atoms with Gasteiger partial charge in [0.15, 0.2) is 0 Å². The zero-order valence-electron chi connectivity index (χ0n) is 17.3. The van der Waals surface area contributed by atoms with Gasteiger partial charge in [0.2, 0.25) is 5.91 Å². The Morgan fingerprint density at radius 1 is 1.12 bits per heavy atom. The van der Waals surface area contributed by atoms with E-state index in [0.717, 1.165) is 10.9 Å². The minimum Gasteiger partial charge on any atom is -0.378 e. The summed E-state index contributed by atoms with van der Waals surface area (Å²) < 4.78 is 7.16. The molecule has 2 heterocycles. The van der Waals surface area contributed by atoms with Crippen LogP contribution in [0.2, 0.25) is 5.02 Å². The molecule has 1 saturated heterocycles. The number of ether oxygens (including phenoxy) is 1. The van der Waals surface area contributed by atoms with Gasteiger partial charge in [-0.2, -0.15) is 5.26 Å². The fraction of sp³-hybridized carbons (Fsp3) is 0.208. The van der Waals surface area contributed by atoms with Crippen LogP contribution in [-0.4, -0.2) is 47.6 Å². The highest BCUT2D eigenvalue weighted by molar-refractivity contribution is 6.34. The Morgan fingerprint density at radius 3 is 2.59 bits per heavy atom. The number of nitriles is 1. The van der Waals surface area contributed by atoms with Crippen LogP contribution in [0.15, 0.2) is 60.3 Å². The Morgan fingerprint density at radius 2 is 1.84 bits per heavy atom. The van der Waals surface area contributed by atoms with Crippen LogP contribution in [0.25, 0.3) is 17.0 Å². The van der Waals surface area contributed by atoms with Gasteiger partial charge in [0.25, 0.3) is 5.91 Å². The number of morpholine rings is 1. The van der Waals surface area contributed by atoms with Gasteiger partial charge in [0.1, 0.15) is 18.2 Å². The molecule has 0 unspecified atom stereocenters. The smallest absolute Gasteiger partial charge is 0.266 e. The molecular formula is C24H21ClN4O3. The number of anilines is 1. The minimum atomic E-state index is -0.554. The molecule has 1 aliphatic rings. The monoisotopic (exact) mass is 448 g/mol. The number of para-hydroxylation sites is 2. The van der Waals surface area contributed by atoms with E-state index in [4.69, 9.17) is 16.3 Å². The van der Waals surface area contributed by atoms with Gasteiger partial charge in [0.05, 0.1) is 23.9 Å². The fourth-order valence-corrected chi connectivity index (χ4v) is 3.82. The van der Waals surface area contributed by atoms with Crippen molar-refractivity contribution in [1.82, 2.24) is 9.47 Å². The van der Waals surface area contributed by atoms with Crippen molar-refractivity contribution < 1.29 is 14.3 Å². The standard InChI is InChI=1S/C24H21ClN4O3/c25-20-6-2-3-7-21(20)27-24(31)17(14-26)13-18-15-29(22-8-4-1-5-19(18)22)16-23(30)28-9-11-32-12-10-28/h1-8,13,15H,9-12,16H2,(H,27,31)/b17-13-. The number of carbonyl (C=O) groups excluding carboxylic acids is 2. The Hall–Kier alpha value is -3.60. The van der Waals surface area contributed by atoms with Gasteiger partial charge in [-0.05, 0) is 24.3 Å².